The number of carbonyl (C=O) groups excluding carboxylic acids is 1. The highest BCUT2D eigenvalue weighted by atomic mass is 32.1. The number of amides is 1. The van der Waals surface area contributed by atoms with E-state index in [0.717, 1.165) is 21.8 Å². The first-order valence-corrected chi connectivity index (χ1v) is 8.29. The zero-order valence-electron chi connectivity index (χ0n) is 13.1. The summed E-state index contributed by atoms with van der Waals surface area (Å²) in [7, 11) is 0. The van der Waals surface area contributed by atoms with E-state index >= 15 is 0 Å². The Bertz CT molecular complexity index is 893. The molecule has 0 saturated heterocycles. The molecule has 0 spiro atoms. The van der Waals surface area contributed by atoms with E-state index in [1.54, 1.807) is 12.1 Å². The zero-order chi connectivity index (χ0) is 16.9. The van der Waals surface area contributed by atoms with Gasteiger partial charge < -0.3 is 5.32 Å². The number of carbonyl (C=O) groups is 1. The van der Waals surface area contributed by atoms with Crippen LogP contribution in [0.1, 0.15) is 26.5 Å². The predicted octanol–water partition coefficient (Wildman–Crippen LogP) is 3.92. The number of aryl methyl sites for hydroxylation is 1. The maximum Gasteiger partial charge on any atom is 0.263 e. The van der Waals surface area contributed by atoms with Crippen molar-refractivity contribution < 1.29 is 4.79 Å². The van der Waals surface area contributed by atoms with Gasteiger partial charge in [0.25, 0.3) is 5.91 Å². The van der Waals surface area contributed by atoms with E-state index in [0.29, 0.717) is 17.0 Å². The van der Waals surface area contributed by atoms with Crippen molar-refractivity contribution in [3.05, 3.63) is 76.3 Å². The standard InChI is InChI=1S/C19H15N3OS/c1-13-17(24-19(22-13)16-5-3-2-4-6-16)18(23)21-12-15-9-7-14(11-20)8-10-15/h2-10H,12H2,1H3,(H,21,23). The molecule has 0 radical (unpaired) electrons. The van der Waals surface area contributed by atoms with Crippen LogP contribution in [0, 0.1) is 18.3 Å². The maximum absolute atomic E-state index is 12.4. The van der Waals surface area contributed by atoms with Crippen LogP contribution in [0.3, 0.4) is 0 Å². The van der Waals surface area contributed by atoms with E-state index in [1.165, 1.54) is 11.3 Å². The second-order valence-electron chi connectivity index (χ2n) is 5.29. The normalized spacial score (nSPS) is 10.2. The Morgan fingerprint density at radius 2 is 1.88 bits per heavy atom. The van der Waals surface area contributed by atoms with Crippen LogP contribution in [0.4, 0.5) is 0 Å². The van der Waals surface area contributed by atoms with Gasteiger partial charge in [0.15, 0.2) is 0 Å². The van der Waals surface area contributed by atoms with Crippen LogP contribution < -0.4 is 5.32 Å². The molecule has 0 saturated carbocycles. The first-order valence-electron chi connectivity index (χ1n) is 7.47. The topological polar surface area (TPSA) is 65.8 Å². The van der Waals surface area contributed by atoms with Crippen LogP contribution in [0.5, 0.6) is 0 Å². The highest BCUT2D eigenvalue weighted by molar-refractivity contribution is 7.17. The van der Waals surface area contributed by atoms with Gasteiger partial charge in [-0.15, -0.1) is 11.3 Å². The minimum atomic E-state index is -0.128. The fourth-order valence-electron chi connectivity index (χ4n) is 2.27. The average molecular weight is 333 g/mol. The second kappa shape index (κ2) is 7.07. The number of hydrogen-bond acceptors (Lipinski definition) is 4. The first kappa shape index (κ1) is 15.9. The molecule has 4 nitrogen and oxygen atoms in total. The molecule has 0 aliphatic carbocycles. The van der Waals surface area contributed by atoms with Gasteiger partial charge in [-0.05, 0) is 24.6 Å². The van der Waals surface area contributed by atoms with Crippen LogP contribution >= 0.6 is 11.3 Å². The largest absolute Gasteiger partial charge is 0.347 e. The molecule has 1 heterocycles. The summed E-state index contributed by atoms with van der Waals surface area (Å²) in [6.45, 7) is 2.27. The molecule has 1 aromatic heterocycles. The molecule has 5 heteroatoms. The molecule has 3 aromatic rings. The lowest BCUT2D eigenvalue weighted by Gasteiger charge is -2.04. The van der Waals surface area contributed by atoms with Gasteiger partial charge in [0, 0.05) is 12.1 Å². The summed E-state index contributed by atoms with van der Waals surface area (Å²) in [5, 5.41) is 12.5. The van der Waals surface area contributed by atoms with Gasteiger partial charge in [0.1, 0.15) is 9.88 Å². The highest BCUT2D eigenvalue weighted by Crippen LogP contribution is 2.27. The molecule has 3 rings (SSSR count). The fraction of sp³-hybridized carbons (Fsp3) is 0.105. The molecule has 0 bridgehead atoms. The highest BCUT2D eigenvalue weighted by Gasteiger charge is 2.15. The summed E-state index contributed by atoms with van der Waals surface area (Å²) in [5.41, 5.74) is 3.30. The average Bonchev–Trinajstić information content (AvgIpc) is 3.03. The molecule has 2 aromatic carbocycles. The Balaban J connectivity index is 1.71. The van der Waals surface area contributed by atoms with Gasteiger partial charge in [-0.25, -0.2) is 4.98 Å². The van der Waals surface area contributed by atoms with Crippen LogP contribution in [0.15, 0.2) is 54.6 Å². The molecule has 0 atom stereocenters. The molecule has 118 valence electrons. The third kappa shape index (κ3) is 3.50. The Morgan fingerprint density at radius 3 is 2.54 bits per heavy atom. The summed E-state index contributed by atoms with van der Waals surface area (Å²) in [6, 6.07) is 19.1. The summed E-state index contributed by atoms with van der Waals surface area (Å²) in [5.74, 6) is -0.128. The molecule has 0 fully saturated rings. The molecule has 1 amide bonds. The lowest BCUT2D eigenvalue weighted by molar-refractivity contribution is 0.0954. The number of nitriles is 1. The number of rotatable bonds is 4. The third-order valence-electron chi connectivity index (χ3n) is 3.56. The van der Waals surface area contributed by atoms with Gasteiger partial charge in [0.05, 0.1) is 17.3 Å². The summed E-state index contributed by atoms with van der Waals surface area (Å²) < 4.78 is 0. The van der Waals surface area contributed by atoms with Crippen molar-refractivity contribution in [2.24, 2.45) is 0 Å². The second-order valence-corrected chi connectivity index (χ2v) is 6.29. The summed E-state index contributed by atoms with van der Waals surface area (Å²) in [6.07, 6.45) is 0. The minimum absolute atomic E-state index is 0.128. The molecule has 0 aliphatic heterocycles. The lowest BCUT2D eigenvalue weighted by atomic mass is 10.1. The van der Waals surface area contributed by atoms with Crippen molar-refractivity contribution in [2.75, 3.05) is 0 Å². The van der Waals surface area contributed by atoms with Crippen molar-refractivity contribution in [2.45, 2.75) is 13.5 Å². The monoisotopic (exact) mass is 333 g/mol. The van der Waals surface area contributed by atoms with Crippen molar-refractivity contribution in [3.8, 4) is 16.6 Å². The van der Waals surface area contributed by atoms with E-state index in [2.05, 4.69) is 16.4 Å². The Kier molecular flexibility index (Phi) is 4.69. The number of nitrogens with one attached hydrogen (secondary N) is 1. The smallest absolute Gasteiger partial charge is 0.263 e. The predicted molar refractivity (Wildman–Crippen MR) is 94.6 cm³/mol. The Labute approximate surface area is 144 Å². The Hall–Kier alpha value is -2.97. The zero-order valence-corrected chi connectivity index (χ0v) is 13.9. The fourth-order valence-corrected chi connectivity index (χ4v) is 3.26. The maximum atomic E-state index is 12.4. The van der Waals surface area contributed by atoms with Crippen LogP contribution in [-0.2, 0) is 6.54 Å². The van der Waals surface area contributed by atoms with Crippen molar-refractivity contribution in [1.29, 1.82) is 5.26 Å². The minimum Gasteiger partial charge on any atom is -0.347 e. The van der Waals surface area contributed by atoms with Crippen molar-refractivity contribution in [1.82, 2.24) is 10.3 Å². The van der Waals surface area contributed by atoms with E-state index in [9.17, 15) is 4.79 Å². The molecular formula is C19H15N3OS. The number of aromatic nitrogens is 1. The van der Waals surface area contributed by atoms with E-state index in [1.807, 2.05) is 49.4 Å². The number of thiazole rings is 1. The molecule has 0 aliphatic rings. The van der Waals surface area contributed by atoms with E-state index < -0.39 is 0 Å². The van der Waals surface area contributed by atoms with Crippen molar-refractivity contribution >= 4 is 17.2 Å². The number of benzene rings is 2. The molecule has 0 unspecified atom stereocenters. The molecular weight excluding hydrogens is 318 g/mol. The van der Waals surface area contributed by atoms with Gasteiger partial charge in [-0.2, -0.15) is 5.26 Å². The third-order valence-corrected chi connectivity index (χ3v) is 4.76. The molecule has 1 N–H and O–H groups in total. The van der Waals surface area contributed by atoms with Crippen LogP contribution in [-0.4, -0.2) is 10.9 Å². The van der Waals surface area contributed by atoms with Crippen molar-refractivity contribution in [3.63, 3.8) is 0 Å². The van der Waals surface area contributed by atoms with Gasteiger partial charge in [0.2, 0.25) is 0 Å². The SMILES string of the molecule is Cc1nc(-c2ccccc2)sc1C(=O)NCc1ccc(C#N)cc1. The van der Waals surface area contributed by atoms with Gasteiger partial charge >= 0.3 is 0 Å². The lowest BCUT2D eigenvalue weighted by Crippen LogP contribution is -2.22. The van der Waals surface area contributed by atoms with Gasteiger partial charge in [-0.3, -0.25) is 4.79 Å². The van der Waals surface area contributed by atoms with E-state index in [4.69, 9.17) is 5.26 Å². The van der Waals surface area contributed by atoms with Crippen LogP contribution in [0.2, 0.25) is 0 Å². The summed E-state index contributed by atoms with van der Waals surface area (Å²) in [4.78, 5) is 17.5. The van der Waals surface area contributed by atoms with Crippen LogP contribution in [0.25, 0.3) is 10.6 Å². The first-order chi connectivity index (χ1) is 11.7. The molecule has 24 heavy (non-hydrogen) atoms. The Morgan fingerprint density at radius 1 is 1.17 bits per heavy atom. The van der Waals surface area contributed by atoms with Gasteiger partial charge in [-0.1, -0.05) is 42.5 Å². The number of nitrogens with zero attached hydrogens (tertiary/aromatic N) is 2. The summed E-state index contributed by atoms with van der Waals surface area (Å²) >= 11 is 1.40. The number of hydrogen-bond donors (Lipinski definition) is 1. The quantitative estimate of drug-likeness (QED) is 0.787. The van der Waals surface area contributed by atoms with E-state index in [-0.39, 0.29) is 5.91 Å².